The summed E-state index contributed by atoms with van der Waals surface area (Å²) >= 11 is 0. The van der Waals surface area contributed by atoms with Crippen LogP contribution in [0.2, 0.25) is 0 Å². The van der Waals surface area contributed by atoms with Crippen LogP contribution in [0.1, 0.15) is 19.8 Å². The number of rotatable bonds is 6. The van der Waals surface area contributed by atoms with Gasteiger partial charge in [0.1, 0.15) is 5.82 Å². The van der Waals surface area contributed by atoms with Crippen LogP contribution >= 0.6 is 0 Å². The summed E-state index contributed by atoms with van der Waals surface area (Å²) in [6.45, 7) is 2.28. The lowest BCUT2D eigenvalue weighted by atomic mass is 10.2. The molecule has 96 valence electrons. The van der Waals surface area contributed by atoms with Crippen LogP contribution in [-0.2, 0) is 10.0 Å². The molecule has 0 aromatic heterocycles. The van der Waals surface area contributed by atoms with Gasteiger partial charge in [-0.15, -0.1) is 0 Å². The van der Waals surface area contributed by atoms with E-state index in [1.807, 2.05) is 0 Å². The molecular formula is C11H17FN2O2S. The molecule has 4 nitrogen and oxygen atoms in total. The van der Waals surface area contributed by atoms with Crippen molar-refractivity contribution >= 4 is 10.0 Å². The van der Waals surface area contributed by atoms with Gasteiger partial charge in [-0.2, -0.15) is 0 Å². The Hall–Kier alpha value is -0.980. The first-order valence-corrected chi connectivity index (χ1v) is 6.92. The van der Waals surface area contributed by atoms with E-state index in [4.69, 9.17) is 5.73 Å². The molecule has 0 heterocycles. The number of benzene rings is 1. The lowest BCUT2D eigenvalue weighted by Crippen LogP contribution is -2.33. The molecule has 0 aliphatic carbocycles. The molecule has 0 amide bonds. The van der Waals surface area contributed by atoms with E-state index >= 15 is 0 Å². The fourth-order valence-corrected chi connectivity index (χ4v) is 2.76. The Labute approximate surface area is 101 Å². The van der Waals surface area contributed by atoms with E-state index in [0.29, 0.717) is 13.0 Å². The van der Waals surface area contributed by atoms with Crippen molar-refractivity contribution < 1.29 is 12.8 Å². The highest BCUT2D eigenvalue weighted by molar-refractivity contribution is 7.89. The lowest BCUT2D eigenvalue weighted by molar-refractivity contribution is 0.537. The molecule has 0 saturated carbocycles. The van der Waals surface area contributed by atoms with E-state index in [2.05, 4.69) is 4.72 Å². The molecule has 0 fully saturated rings. The average molecular weight is 260 g/mol. The number of nitrogens with one attached hydrogen (secondary N) is 1. The van der Waals surface area contributed by atoms with Crippen molar-refractivity contribution in [2.24, 2.45) is 5.73 Å². The summed E-state index contributed by atoms with van der Waals surface area (Å²) in [5, 5.41) is 0. The van der Waals surface area contributed by atoms with Crippen LogP contribution in [0, 0.1) is 5.82 Å². The predicted molar refractivity (Wildman–Crippen MR) is 64.5 cm³/mol. The number of halogens is 1. The van der Waals surface area contributed by atoms with Gasteiger partial charge in [0.05, 0.1) is 4.90 Å². The first kappa shape index (κ1) is 14.1. The first-order chi connectivity index (χ1) is 7.95. The highest BCUT2D eigenvalue weighted by Crippen LogP contribution is 2.11. The minimum atomic E-state index is -3.64. The molecule has 0 aliphatic heterocycles. The van der Waals surface area contributed by atoms with Crippen molar-refractivity contribution in [2.45, 2.75) is 30.7 Å². The second-order valence-corrected chi connectivity index (χ2v) is 5.62. The van der Waals surface area contributed by atoms with E-state index in [1.165, 1.54) is 18.2 Å². The summed E-state index contributed by atoms with van der Waals surface area (Å²) in [7, 11) is -3.64. The predicted octanol–water partition coefficient (Wildman–Crippen LogP) is 1.23. The fourth-order valence-electron chi connectivity index (χ4n) is 1.45. The van der Waals surface area contributed by atoms with Gasteiger partial charge < -0.3 is 5.73 Å². The fraction of sp³-hybridized carbons (Fsp3) is 0.455. The van der Waals surface area contributed by atoms with Crippen LogP contribution in [0.25, 0.3) is 0 Å². The van der Waals surface area contributed by atoms with E-state index in [0.717, 1.165) is 12.5 Å². The van der Waals surface area contributed by atoms with E-state index < -0.39 is 15.8 Å². The maximum atomic E-state index is 12.9. The van der Waals surface area contributed by atoms with Crippen LogP contribution in [0.15, 0.2) is 29.2 Å². The smallest absolute Gasteiger partial charge is 0.240 e. The van der Waals surface area contributed by atoms with Crippen LogP contribution in [0.5, 0.6) is 0 Å². The average Bonchev–Trinajstić information content (AvgIpc) is 2.26. The van der Waals surface area contributed by atoms with Crippen LogP contribution < -0.4 is 10.5 Å². The van der Waals surface area contributed by atoms with Crippen LogP contribution in [-0.4, -0.2) is 21.0 Å². The van der Waals surface area contributed by atoms with Crippen molar-refractivity contribution in [2.75, 3.05) is 6.54 Å². The van der Waals surface area contributed by atoms with E-state index in [9.17, 15) is 12.8 Å². The summed E-state index contributed by atoms with van der Waals surface area (Å²) in [5.74, 6) is -0.567. The second-order valence-electron chi connectivity index (χ2n) is 3.91. The SMILES string of the molecule is CC(CCCN)NS(=O)(=O)c1cccc(F)c1. The monoisotopic (exact) mass is 260 g/mol. The van der Waals surface area contributed by atoms with Gasteiger partial charge in [-0.3, -0.25) is 0 Å². The van der Waals surface area contributed by atoms with Gasteiger partial charge in [-0.1, -0.05) is 6.07 Å². The molecule has 1 rings (SSSR count). The second kappa shape index (κ2) is 6.09. The third kappa shape index (κ3) is 4.41. The van der Waals surface area contributed by atoms with E-state index in [-0.39, 0.29) is 10.9 Å². The van der Waals surface area contributed by atoms with Gasteiger partial charge in [-0.05, 0) is 44.5 Å². The molecule has 1 unspecified atom stereocenters. The maximum absolute atomic E-state index is 12.9. The largest absolute Gasteiger partial charge is 0.330 e. The Bertz CT molecular complexity index is 462. The number of nitrogens with two attached hydrogens (primary N) is 1. The summed E-state index contributed by atoms with van der Waals surface area (Å²) in [4.78, 5) is -0.0582. The standard InChI is InChI=1S/C11H17FN2O2S/c1-9(4-3-7-13)14-17(15,16)11-6-2-5-10(12)8-11/h2,5-6,8-9,14H,3-4,7,13H2,1H3. The van der Waals surface area contributed by atoms with Gasteiger partial charge in [0.2, 0.25) is 10.0 Å². The summed E-state index contributed by atoms with van der Waals surface area (Å²) in [6, 6.07) is 4.72. The Morgan fingerprint density at radius 2 is 2.18 bits per heavy atom. The Balaban J connectivity index is 2.75. The minimum absolute atomic E-state index is 0.0582. The number of sulfonamides is 1. The van der Waals surface area contributed by atoms with Crippen LogP contribution in [0.3, 0.4) is 0 Å². The summed E-state index contributed by atoms with van der Waals surface area (Å²) in [5.41, 5.74) is 5.34. The third-order valence-corrected chi connectivity index (χ3v) is 3.89. The molecule has 0 saturated heterocycles. The Morgan fingerprint density at radius 3 is 2.76 bits per heavy atom. The molecule has 6 heteroatoms. The van der Waals surface area contributed by atoms with Crippen LogP contribution in [0.4, 0.5) is 4.39 Å². The minimum Gasteiger partial charge on any atom is -0.330 e. The van der Waals surface area contributed by atoms with Crippen molar-refractivity contribution in [3.8, 4) is 0 Å². The normalized spacial score (nSPS) is 13.6. The lowest BCUT2D eigenvalue weighted by Gasteiger charge is -2.13. The zero-order valence-corrected chi connectivity index (χ0v) is 10.5. The zero-order chi connectivity index (χ0) is 12.9. The molecule has 3 N–H and O–H groups in total. The third-order valence-electron chi connectivity index (χ3n) is 2.30. The van der Waals surface area contributed by atoms with Crippen molar-refractivity contribution in [1.29, 1.82) is 0 Å². The number of hydrogen-bond acceptors (Lipinski definition) is 3. The molecule has 0 radical (unpaired) electrons. The van der Waals surface area contributed by atoms with Crippen molar-refractivity contribution in [3.05, 3.63) is 30.1 Å². The summed E-state index contributed by atoms with van der Waals surface area (Å²) < 4.78 is 39.1. The molecule has 0 spiro atoms. The molecule has 1 aromatic carbocycles. The van der Waals surface area contributed by atoms with Gasteiger partial charge in [-0.25, -0.2) is 17.5 Å². The van der Waals surface area contributed by atoms with E-state index in [1.54, 1.807) is 6.92 Å². The van der Waals surface area contributed by atoms with Gasteiger partial charge >= 0.3 is 0 Å². The highest BCUT2D eigenvalue weighted by Gasteiger charge is 2.17. The Morgan fingerprint density at radius 1 is 1.47 bits per heavy atom. The molecule has 1 atom stereocenters. The highest BCUT2D eigenvalue weighted by atomic mass is 32.2. The molecular weight excluding hydrogens is 243 g/mol. The molecule has 1 aromatic rings. The van der Waals surface area contributed by atoms with Crippen molar-refractivity contribution in [1.82, 2.24) is 4.72 Å². The zero-order valence-electron chi connectivity index (χ0n) is 9.69. The first-order valence-electron chi connectivity index (χ1n) is 5.43. The topological polar surface area (TPSA) is 72.2 Å². The van der Waals surface area contributed by atoms with Gasteiger partial charge in [0.25, 0.3) is 0 Å². The van der Waals surface area contributed by atoms with Gasteiger partial charge in [0.15, 0.2) is 0 Å². The van der Waals surface area contributed by atoms with Crippen molar-refractivity contribution in [3.63, 3.8) is 0 Å². The quantitative estimate of drug-likeness (QED) is 0.808. The summed E-state index contributed by atoms with van der Waals surface area (Å²) in [6.07, 6.45) is 1.40. The number of hydrogen-bond donors (Lipinski definition) is 2. The Kier molecular flexibility index (Phi) is 5.04. The maximum Gasteiger partial charge on any atom is 0.240 e. The molecule has 0 aliphatic rings. The molecule has 17 heavy (non-hydrogen) atoms. The van der Waals surface area contributed by atoms with Gasteiger partial charge in [0, 0.05) is 6.04 Å². The molecule has 0 bridgehead atoms.